The van der Waals surface area contributed by atoms with E-state index in [1.54, 1.807) is 7.11 Å². The fraction of sp³-hybridized carbons (Fsp3) is 0.200. The number of benzene rings is 2. The number of methoxy groups -OCH3 is 1. The molecule has 2 nitrogen and oxygen atoms in total. The summed E-state index contributed by atoms with van der Waals surface area (Å²) in [6.45, 7) is 0. The Hall–Kier alpha value is -1.53. The lowest BCUT2D eigenvalue weighted by Crippen LogP contribution is -1.99. The third-order valence-corrected chi connectivity index (χ3v) is 4.58. The van der Waals surface area contributed by atoms with Crippen molar-refractivity contribution in [1.29, 1.82) is 0 Å². The molecular weight excluding hydrogens is 243 g/mol. The van der Waals surface area contributed by atoms with Gasteiger partial charge in [0.25, 0.3) is 0 Å². The maximum Gasteiger partial charge on any atom is 0.118 e. The van der Waals surface area contributed by atoms with E-state index in [1.807, 2.05) is 54.6 Å². The van der Waals surface area contributed by atoms with Crippen LogP contribution in [0, 0.1) is 0 Å². The van der Waals surface area contributed by atoms with Crippen LogP contribution in [0.25, 0.3) is 0 Å². The summed E-state index contributed by atoms with van der Waals surface area (Å²) in [6, 6.07) is 17.6. The molecule has 0 spiro atoms. The molecule has 0 fully saturated rings. The van der Waals surface area contributed by atoms with Gasteiger partial charge in [0.2, 0.25) is 0 Å². The Morgan fingerprint density at radius 2 is 1.67 bits per heavy atom. The lowest BCUT2D eigenvalue weighted by Gasteiger charge is -2.04. The maximum absolute atomic E-state index is 12.1. The Morgan fingerprint density at radius 3 is 2.28 bits per heavy atom. The van der Waals surface area contributed by atoms with E-state index in [9.17, 15) is 4.57 Å². The summed E-state index contributed by atoms with van der Waals surface area (Å²) in [7, 11) is -0.00557. The van der Waals surface area contributed by atoms with Crippen LogP contribution in [0.3, 0.4) is 0 Å². The fourth-order valence-corrected chi connectivity index (χ4v) is 3.19. The predicted molar refractivity (Wildman–Crippen MR) is 76.6 cm³/mol. The van der Waals surface area contributed by atoms with Crippen molar-refractivity contribution in [3.63, 3.8) is 0 Å². The van der Waals surface area contributed by atoms with Gasteiger partial charge in [-0.2, -0.15) is 0 Å². The van der Waals surface area contributed by atoms with Crippen molar-refractivity contribution in [2.45, 2.75) is 6.42 Å². The van der Waals surface area contributed by atoms with Crippen LogP contribution < -0.4 is 10.0 Å². The molecule has 18 heavy (non-hydrogen) atoms. The molecule has 0 N–H and O–H groups in total. The number of hydrogen-bond acceptors (Lipinski definition) is 2. The van der Waals surface area contributed by atoms with Gasteiger partial charge in [0.05, 0.1) is 7.11 Å². The minimum absolute atomic E-state index is 0.723. The number of rotatable bonds is 5. The van der Waals surface area contributed by atoms with Crippen molar-refractivity contribution in [1.82, 2.24) is 0 Å². The molecule has 0 saturated carbocycles. The molecule has 2 rings (SSSR count). The first-order chi connectivity index (χ1) is 8.79. The minimum Gasteiger partial charge on any atom is -0.497 e. The van der Waals surface area contributed by atoms with Gasteiger partial charge >= 0.3 is 0 Å². The van der Waals surface area contributed by atoms with Crippen LogP contribution >= 0.6 is 7.80 Å². The van der Waals surface area contributed by atoms with E-state index in [-0.39, 0.29) is 0 Å². The van der Waals surface area contributed by atoms with E-state index >= 15 is 0 Å². The third-order valence-electron chi connectivity index (χ3n) is 2.90. The predicted octanol–water partition coefficient (Wildman–Crippen LogP) is 3.12. The van der Waals surface area contributed by atoms with Crippen LogP contribution in [0.4, 0.5) is 0 Å². The van der Waals surface area contributed by atoms with Crippen molar-refractivity contribution in [3.8, 4) is 5.75 Å². The van der Waals surface area contributed by atoms with Gasteiger partial charge < -0.3 is 9.30 Å². The summed E-state index contributed by atoms with van der Waals surface area (Å²) in [5, 5.41) is 0.969. The summed E-state index contributed by atoms with van der Waals surface area (Å²) in [4.78, 5) is 0. The van der Waals surface area contributed by atoms with Gasteiger partial charge in [-0.15, -0.1) is 0 Å². The lowest BCUT2D eigenvalue weighted by atomic mass is 10.2. The molecule has 1 atom stereocenters. The zero-order chi connectivity index (χ0) is 12.8. The SMILES string of the molecule is COc1ccc(CC[PH](=O)c2ccccc2)cc1. The topological polar surface area (TPSA) is 26.3 Å². The molecular formula is C15H17O2P. The lowest BCUT2D eigenvalue weighted by molar-refractivity contribution is 0.414. The molecule has 94 valence electrons. The molecule has 0 aliphatic carbocycles. The van der Waals surface area contributed by atoms with Gasteiger partial charge in [-0.25, -0.2) is 0 Å². The average Bonchev–Trinajstić information content (AvgIpc) is 2.46. The van der Waals surface area contributed by atoms with Crippen LogP contribution in [-0.4, -0.2) is 13.3 Å². The third kappa shape index (κ3) is 3.48. The van der Waals surface area contributed by atoms with Gasteiger partial charge in [-0.05, 0) is 24.1 Å². The highest BCUT2D eigenvalue weighted by atomic mass is 31.1. The summed E-state index contributed by atoms with van der Waals surface area (Å²) in [5.41, 5.74) is 1.20. The van der Waals surface area contributed by atoms with Crippen molar-refractivity contribution in [3.05, 3.63) is 60.2 Å². The van der Waals surface area contributed by atoms with Gasteiger partial charge in [0, 0.05) is 11.5 Å². The Kier molecular flexibility index (Phi) is 4.60. The molecule has 0 amide bonds. The van der Waals surface area contributed by atoms with Crippen LogP contribution in [0.2, 0.25) is 0 Å². The molecule has 2 aromatic rings. The zero-order valence-electron chi connectivity index (χ0n) is 10.4. The standard InChI is InChI=1S/C15H17O2P/c1-17-14-9-7-13(8-10-14)11-12-18(16)15-5-3-2-4-6-15/h2-10,18H,11-12H2,1H3. The van der Waals surface area contributed by atoms with E-state index in [4.69, 9.17) is 4.74 Å². The largest absolute Gasteiger partial charge is 0.497 e. The number of hydrogen-bond donors (Lipinski definition) is 0. The Labute approximate surface area is 108 Å². The van der Waals surface area contributed by atoms with Crippen LogP contribution in [0.15, 0.2) is 54.6 Å². The van der Waals surface area contributed by atoms with E-state index in [1.165, 1.54) is 5.56 Å². The zero-order valence-corrected chi connectivity index (χ0v) is 11.4. The highest BCUT2D eigenvalue weighted by Crippen LogP contribution is 2.22. The summed E-state index contributed by atoms with van der Waals surface area (Å²) >= 11 is 0. The Bertz CT molecular complexity index is 506. The van der Waals surface area contributed by atoms with E-state index < -0.39 is 7.80 Å². The minimum atomic E-state index is -1.66. The van der Waals surface area contributed by atoms with E-state index in [0.29, 0.717) is 0 Å². The summed E-state index contributed by atoms with van der Waals surface area (Å²) < 4.78 is 17.2. The Morgan fingerprint density at radius 1 is 1.00 bits per heavy atom. The molecule has 0 aliphatic rings. The molecule has 0 bridgehead atoms. The van der Waals surface area contributed by atoms with Crippen molar-refractivity contribution in [2.75, 3.05) is 13.3 Å². The first-order valence-corrected chi connectivity index (χ1v) is 7.62. The number of aryl methyl sites for hydroxylation is 1. The second-order valence-corrected chi connectivity index (χ2v) is 6.06. The quantitative estimate of drug-likeness (QED) is 0.772. The second-order valence-electron chi connectivity index (χ2n) is 4.14. The van der Waals surface area contributed by atoms with Crippen LogP contribution in [-0.2, 0) is 11.0 Å². The van der Waals surface area contributed by atoms with Crippen LogP contribution in [0.5, 0.6) is 5.75 Å². The smallest absolute Gasteiger partial charge is 0.118 e. The average molecular weight is 260 g/mol. The van der Waals surface area contributed by atoms with Crippen molar-refractivity contribution >= 4 is 13.1 Å². The highest BCUT2D eigenvalue weighted by molar-refractivity contribution is 7.53. The monoisotopic (exact) mass is 260 g/mol. The summed E-state index contributed by atoms with van der Waals surface area (Å²) in [6.07, 6.45) is 1.57. The molecule has 3 heteroatoms. The molecule has 0 heterocycles. The first kappa shape index (κ1) is 12.9. The Balaban J connectivity index is 1.93. The van der Waals surface area contributed by atoms with Gasteiger partial charge in [-0.1, -0.05) is 42.5 Å². The van der Waals surface area contributed by atoms with Crippen molar-refractivity contribution < 1.29 is 9.30 Å². The first-order valence-electron chi connectivity index (χ1n) is 6.01. The maximum atomic E-state index is 12.1. The fourth-order valence-electron chi connectivity index (χ4n) is 1.82. The molecule has 0 aliphatic heterocycles. The van der Waals surface area contributed by atoms with Gasteiger partial charge in [-0.3, -0.25) is 0 Å². The van der Waals surface area contributed by atoms with E-state index in [0.717, 1.165) is 23.6 Å². The molecule has 0 saturated heterocycles. The molecule has 0 aromatic heterocycles. The van der Waals surface area contributed by atoms with Gasteiger partial charge in [0.15, 0.2) is 0 Å². The highest BCUT2D eigenvalue weighted by Gasteiger charge is 2.03. The molecule has 0 radical (unpaired) electrons. The molecule has 1 unspecified atom stereocenters. The van der Waals surface area contributed by atoms with Crippen molar-refractivity contribution in [2.24, 2.45) is 0 Å². The van der Waals surface area contributed by atoms with Gasteiger partial charge in [0.1, 0.15) is 13.6 Å². The van der Waals surface area contributed by atoms with E-state index in [2.05, 4.69) is 0 Å². The molecule has 2 aromatic carbocycles. The number of ether oxygens (including phenoxy) is 1. The normalized spacial score (nSPS) is 12.1. The second kappa shape index (κ2) is 6.42. The summed E-state index contributed by atoms with van der Waals surface area (Å²) in [5.74, 6) is 0.856. The van der Waals surface area contributed by atoms with Crippen LogP contribution in [0.1, 0.15) is 5.56 Å².